The fraction of sp³-hybridized carbons (Fsp3) is 0.308. The molecule has 19 heavy (non-hydrogen) atoms. The number of aromatic nitrogens is 2. The molecule has 2 heterocycles. The minimum Gasteiger partial charge on any atom is -0.370 e. The summed E-state index contributed by atoms with van der Waals surface area (Å²) in [4.78, 5) is 20.2. The van der Waals surface area contributed by atoms with E-state index in [1.807, 2.05) is 12.3 Å². The number of rotatable bonds is 6. The third kappa shape index (κ3) is 4.03. The average Bonchev–Trinajstić information content (AvgIpc) is 2.93. The van der Waals surface area contributed by atoms with Crippen molar-refractivity contribution in [3.05, 3.63) is 40.5 Å². The molecule has 0 atom stereocenters. The van der Waals surface area contributed by atoms with Gasteiger partial charge in [-0.15, -0.1) is 11.3 Å². The third-order valence-electron chi connectivity index (χ3n) is 2.49. The zero-order chi connectivity index (χ0) is 13.5. The summed E-state index contributed by atoms with van der Waals surface area (Å²) in [5.74, 6) is 0.675. The predicted molar refractivity (Wildman–Crippen MR) is 76.6 cm³/mol. The van der Waals surface area contributed by atoms with Crippen molar-refractivity contribution < 1.29 is 4.79 Å². The van der Waals surface area contributed by atoms with Crippen molar-refractivity contribution in [3.8, 4) is 0 Å². The van der Waals surface area contributed by atoms with E-state index in [1.165, 1.54) is 0 Å². The summed E-state index contributed by atoms with van der Waals surface area (Å²) in [5.41, 5.74) is 0.570. The lowest BCUT2D eigenvalue weighted by Crippen LogP contribution is -2.25. The summed E-state index contributed by atoms with van der Waals surface area (Å²) in [5, 5.41) is 8.90. The maximum atomic E-state index is 11.9. The molecule has 100 valence electrons. The molecule has 0 spiro atoms. The Kier molecular flexibility index (Phi) is 4.85. The normalized spacial score (nSPS) is 10.2. The van der Waals surface area contributed by atoms with Crippen molar-refractivity contribution >= 4 is 23.1 Å². The van der Waals surface area contributed by atoms with Crippen LogP contribution in [-0.2, 0) is 6.42 Å². The van der Waals surface area contributed by atoms with Crippen LogP contribution in [0.2, 0.25) is 0 Å². The molecule has 5 nitrogen and oxygen atoms in total. The number of thiazole rings is 1. The molecule has 2 N–H and O–H groups in total. The van der Waals surface area contributed by atoms with Gasteiger partial charge in [-0.25, -0.2) is 9.97 Å². The minimum atomic E-state index is -0.105. The van der Waals surface area contributed by atoms with Gasteiger partial charge in [-0.1, -0.05) is 0 Å². The van der Waals surface area contributed by atoms with E-state index in [-0.39, 0.29) is 5.91 Å². The van der Waals surface area contributed by atoms with Crippen molar-refractivity contribution in [3.63, 3.8) is 0 Å². The largest absolute Gasteiger partial charge is 0.370 e. The molecular weight excluding hydrogens is 260 g/mol. The molecule has 0 radical (unpaired) electrons. The van der Waals surface area contributed by atoms with E-state index in [9.17, 15) is 4.79 Å². The molecule has 2 aromatic heterocycles. The van der Waals surface area contributed by atoms with Gasteiger partial charge in [0, 0.05) is 37.3 Å². The summed E-state index contributed by atoms with van der Waals surface area (Å²) in [6, 6.07) is 3.57. The summed E-state index contributed by atoms with van der Waals surface area (Å²) < 4.78 is 0. The molecule has 0 saturated heterocycles. The molecule has 0 saturated carbocycles. The van der Waals surface area contributed by atoms with E-state index in [1.54, 1.807) is 35.9 Å². The van der Waals surface area contributed by atoms with Gasteiger partial charge in [-0.2, -0.15) is 0 Å². The zero-order valence-corrected chi connectivity index (χ0v) is 11.5. The molecule has 0 fully saturated rings. The molecule has 2 rings (SSSR count). The van der Waals surface area contributed by atoms with Gasteiger partial charge in [-0.3, -0.25) is 4.79 Å². The van der Waals surface area contributed by atoms with Crippen molar-refractivity contribution in [1.82, 2.24) is 15.3 Å². The lowest BCUT2D eigenvalue weighted by molar-refractivity contribution is 0.0954. The van der Waals surface area contributed by atoms with Crippen molar-refractivity contribution in [1.29, 1.82) is 0 Å². The number of anilines is 1. The Balaban J connectivity index is 1.82. The summed E-state index contributed by atoms with van der Waals surface area (Å²) in [7, 11) is 0. The first-order chi connectivity index (χ1) is 9.29. The lowest BCUT2D eigenvalue weighted by atomic mass is 10.2. The first kappa shape index (κ1) is 13.5. The van der Waals surface area contributed by atoms with E-state index < -0.39 is 0 Å². The minimum absolute atomic E-state index is 0.105. The van der Waals surface area contributed by atoms with Crippen molar-refractivity contribution in [2.75, 3.05) is 18.4 Å². The highest BCUT2D eigenvalue weighted by molar-refractivity contribution is 7.09. The van der Waals surface area contributed by atoms with E-state index >= 15 is 0 Å². The van der Waals surface area contributed by atoms with Crippen LogP contribution in [0.4, 0.5) is 5.82 Å². The number of nitrogens with zero attached hydrogens (tertiary/aromatic N) is 2. The van der Waals surface area contributed by atoms with Gasteiger partial charge in [0.1, 0.15) is 5.82 Å². The Morgan fingerprint density at radius 2 is 2.26 bits per heavy atom. The van der Waals surface area contributed by atoms with Gasteiger partial charge in [0.2, 0.25) is 0 Å². The number of hydrogen-bond acceptors (Lipinski definition) is 5. The molecule has 0 aliphatic rings. The molecular formula is C13H16N4OS. The number of hydrogen-bond donors (Lipinski definition) is 2. The van der Waals surface area contributed by atoms with Crippen LogP contribution in [0.1, 0.15) is 22.3 Å². The first-order valence-corrected chi connectivity index (χ1v) is 7.04. The standard InChI is InChI=1S/C13H16N4OS/c1-2-14-11-4-3-10(9-17-11)13(18)16-6-5-12-15-7-8-19-12/h3-4,7-9H,2,5-6H2,1H3,(H,14,17)(H,16,18). The second-order valence-corrected chi connectivity index (χ2v) is 4.87. The number of amides is 1. The third-order valence-corrected chi connectivity index (χ3v) is 3.33. The summed E-state index contributed by atoms with van der Waals surface area (Å²) >= 11 is 1.59. The molecule has 0 aromatic carbocycles. The highest BCUT2D eigenvalue weighted by Gasteiger charge is 2.05. The van der Waals surface area contributed by atoms with Crippen molar-refractivity contribution in [2.24, 2.45) is 0 Å². The Bertz CT molecular complexity index is 510. The van der Waals surface area contributed by atoms with Crippen LogP contribution >= 0.6 is 11.3 Å². The fourth-order valence-electron chi connectivity index (χ4n) is 1.58. The smallest absolute Gasteiger partial charge is 0.252 e. The Labute approximate surface area is 116 Å². The Morgan fingerprint density at radius 3 is 2.89 bits per heavy atom. The van der Waals surface area contributed by atoms with Crippen LogP contribution in [0.3, 0.4) is 0 Å². The second-order valence-electron chi connectivity index (χ2n) is 3.89. The van der Waals surface area contributed by atoms with Crippen LogP contribution in [0, 0.1) is 0 Å². The van der Waals surface area contributed by atoms with Gasteiger partial charge in [0.15, 0.2) is 0 Å². The Hall–Kier alpha value is -1.95. The molecule has 0 aliphatic heterocycles. The molecule has 1 amide bonds. The molecule has 2 aromatic rings. The quantitative estimate of drug-likeness (QED) is 0.846. The monoisotopic (exact) mass is 276 g/mol. The number of nitrogens with one attached hydrogen (secondary N) is 2. The van der Waals surface area contributed by atoms with Crippen LogP contribution in [0.25, 0.3) is 0 Å². The van der Waals surface area contributed by atoms with Crippen LogP contribution < -0.4 is 10.6 Å². The zero-order valence-electron chi connectivity index (χ0n) is 10.7. The lowest BCUT2D eigenvalue weighted by Gasteiger charge is -2.05. The highest BCUT2D eigenvalue weighted by atomic mass is 32.1. The second kappa shape index (κ2) is 6.84. The van der Waals surface area contributed by atoms with Crippen LogP contribution in [0.5, 0.6) is 0 Å². The molecule has 0 aliphatic carbocycles. The Morgan fingerprint density at radius 1 is 1.37 bits per heavy atom. The molecule has 0 bridgehead atoms. The van der Waals surface area contributed by atoms with Gasteiger partial charge in [-0.05, 0) is 19.1 Å². The molecule has 0 unspecified atom stereocenters. The highest BCUT2D eigenvalue weighted by Crippen LogP contribution is 2.06. The number of carbonyl (C=O) groups excluding carboxylic acids is 1. The number of carbonyl (C=O) groups is 1. The summed E-state index contributed by atoms with van der Waals surface area (Å²) in [6.45, 7) is 3.40. The predicted octanol–water partition coefficient (Wildman–Crippen LogP) is 1.94. The SMILES string of the molecule is CCNc1ccc(C(=O)NCCc2nccs2)cn1. The molecule has 6 heteroatoms. The summed E-state index contributed by atoms with van der Waals surface area (Å²) in [6.07, 6.45) is 4.11. The van der Waals surface area contributed by atoms with Crippen LogP contribution in [0.15, 0.2) is 29.9 Å². The van der Waals surface area contributed by atoms with Crippen molar-refractivity contribution in [2.45, 2.75) is 13.3 Å². The van der Waals surface area contributed by atoms with E-state index in [4.69, 9.17) is 0 Å². The topological polar surface area (TPSA) is 66.9 Å². The van der Waals surface area contributed by atoms with E-state index in [0.29, 0.717) is 12.1 Å². The maximum Gasteiger partial charge on any atom is 0.252 e. The van der Waals surface area contributed by atoms with Gasteiger partial charge < -0.3 is 10.6 Å². The maximum absolute atomic E-state index is 11.9. The fourth-order valence-corrected chi connectivity index (χ4v) is 2.20. The van der Waals surface area contributed by atoms with E-state index in [2.05, 4.69) is 20.6 Å². The first-order valence-electron chi connectivity index (χ1n) is 6.16. The van der Waals surface area contributed by atoms with Gasteiger partial charge in [0.05, 0.1) is 10.6 Å². The van der Waals surface area contributed by atoms with Gasteiger partial charge >= 0.3 is 0 Å². The van der Waals surface area contributed by atoms with Crippen LogP contribution in [-0.4, -0.2) is 29.0 Å². The van der Waals surface area contributed by atoms with E-state index in [0.717, 1.165) is 23.8 Å². The van der Waals surface area contributed by atoms with Gasteiger partial charge in [0.25, 0.3) is 5.91 Å². The number of pyridine rings is 1. The average molecular weight is 276 g/mol.